The molecule has 1 radical (unpaired) electrons. The van der Waals surface area contributed by atoms with Crippen molar-refractivity contribution in [2.24, 2.45) is 0 Å². The molecule has 0 aliphatic rings. The molecule has 3 heteroatoms. The van der Waals surface area contributed by atoms with Crippen LogP contribution in [-0.4, -0.2) is 16.6 Å². The number of aromatic nitrogens is 2. The maximum Gasteiger partial charge on any atom is 0.173 e. The summed E-state index contributed by atoms with van der Waals surface area (Å²) in [6, 6.07) is 0. The molecule has 0 amide bonds. The molecule has 0 unspecified atom stereocenters. The maximum atomic E-state index is 5.08. The van der Waals surface area contributed by atoms with Crippen molar-refractivity contribution >= 4 is 0 Å². The third kappa shape index (κ3) is 1.85. The third-order valence-corrected chi connectivity index (χ3v) is 0.957. The van der Waals surface area contributed by atoms with Crippen LogP contribution in [0.5, 0.6) is 0 Å². The second kappa shape index (κ2) is 3.25. The average molecular weight is 125 g/mol. The quantitative estimate of drug-likeness (QED) is 0.647. The number of imidazole rings is 1. The summed E-state index contributed by atoms with van der Waals surface area (Å²) < 4.78 is 5.08. The van der Waals surface area contributed by atoms with Gasteiger partial charge in [-0.15, -0.1) is 0 Å². The van der Waals surface area contributed by atoms with Gasteiger partial charge in [-0.25, -0.2) is 4.98 Å². The highest BCUT2D eigenvalue weighted by atomic mass is 16.5. The average Bonchev–Trinajstić information content (AvgIpc) is 2.34. The van der Waals surface area contributed by atoms with Gasteiger partial charge in [-0.1, -0.05) is 0 Å². The fraction of sp³-hybridized carbons (Fsp3) is 0.500. The number of H-pyrrole nitrogens is 1. The molecule has 1 aromatic heterocycles. The van der Waals surface area contributed by atoms with E-state index >= 15 is 0 Å². The molecule has 0 spiro atoms. The summed E-state index contributed by atoms with van der Waals surface area (Å²) in [5, 5.41) is 0. The molecule has 1 N–H and O–H groups in total. The molecule has 1 heterocycles. The van der Waals surface area contributed by atoms with Crippen molar-refractivity contribution in [2.75, 3.05) is 6.61 Å². The molecular weight excluding hydrogens is 116 g/mol. The highest BCUT2D eigenvalue weighted by Crippen LogP contribution is 1.91. The van der Waals surface area contributed by atoms with E-state index in [-0.39, 0.29) is 0 Å². The van der Waals surface area contributed by atoms with E-state index in [2.05, 4.69) is 16.3 Å². The Morgan fingerprint density at radius 3 is 3.33 bits per heavy atom. The molecule has 49 valence electrons. The Labute approximate surface area is 54.1 Å². The molecule has 0 aliphatic carbocycles. The summed E-state index contributed by atoms with van der Waals surface area (Å²) in [6.45, 7) is 3.26. The molecule has 3 nitrogen and oxygen atoms in total. The predicted octanol–water partition coefficient (Wildman–Crippen LogP) is 0.746. The lowest BCUT2D eigenvalue weighted by Crippen LogP contribution is -1.90. The minimum Gasteiger partial charge on any atom is -0.375 e. The molecule has 1 aromatic rings. The Bertz CT molecular complexity index is 148. The number of hydrogen-bond acceptors (Lipinski definition) is 2. The van der Waals surface area contributed by atoms with Crippen LogP contribution in [0.2, 0.25) is 0 Å². The number of nitrogens with zero attached hydrogens (tertiary/aromatic N) is 1. The number of nitrogens with one attached hydrogen (secondary N) is 1. The summed E-state index contributed by atoms with van der Waals surface area (Å²) in [7, 11) is 0. The van der Waals surface area contributed by atoms with Crippen LogP contribution < -0.4 is 0 Å². The zero-order valence-corrected chi connectivity index (χ0v) is 5.35. The molecule has 0 saturated heterocycles. The number of aromatic amines is 1. The van der Waals surface area contributed by atoms with Crippen molar-refractivity contribution < 1.29 is 4.74 Å². The minimum atomic E-state index is 0.580. The molecule has 0 saturated carbocycles. The summed E-state index contributed by atoms with van der Waals surface area (Å²) in [6.07, 6.45) is 4.36. The number of hydrogen-bond donors (Lipinski definition) is 1. The molecule has 0 atom stereocenters. The van der Waals surface area contributed by atoms with Gasteiger partial charge in [0.15, 0.2) is 6.33 Å². The van der Waals surface area contributed by atoms with E-state index in [1.54, 1.807) is 6.20 Å². The van der Waals surface area contributed by atoms with Gasteiger partial charge in [0.25, 0.3) is 0 Å². The summed E-state index contributed by atoms with van der Waals surface area (Å²) in [4.78, 5) is 6.57. The van der Waals surface area contributed by atoms with Crippen molar-refractivity contribution in [3.8, 4) is 0 Å². The van der Waals surface area contributed by atoms with Crippen LogP contribution in [0.25, 0.3) is 0 Å². The third-order valence-electron chi connectivity index (χ3n) is 0.957. The van der Waals surface area contributed by atoms with Gasteiger partial charge in [-0.3, -0.25) is 0 Å². The van der Waals surface area contributed by atoms with E-state index in [9.17, 15) is 0 Å². The maximum absolute atomic E-state index is 5.08. The fourth-order valence-corrected chi connectivity index (χ4v) is 0.533. The standard InChI is InChI=1S/C6H9N2O/c1-2-9-4-6-3-7-5-8-6/h3H,2,4H2,1H3,(H,7,8). The van der Waals surface area contributed by atoms with E-state index < -0.39 is 0 Å². The number of ether oxygens (including phenoxy) is 1. The van der Waals surface area contributed by atoms with E-state index in [0.29, 0.717) is 6.61 Å². The van der Waals surface area contributed by atoms with Crippen LogP contribution in [0.15, 0.2) is 6.20 Å². The zero-order valence-electron chi connectivity index (χ0n) is 5.35. The van der Waals surface area contributed by atoms with Gasteiger partial charge < -0.3 is 9.72 Å². The van der Waals surface area contributed by atoms with Crippen LogP contribution in [0, 0.1) is 6.33 Å². The topological polar surface area (TPSA) is 37.9 Å². The molecule has 0 bridgehead atoms. The van der Waals surface area contributed by atoms with E-state index in [1.807, 2.05) is 6.92 Å². The molecule has 0 aliphatic heterocycles. The van der Waals surface area contributed by atoms with Gasteiger partial charge >= 0.3 is 0 Å². The summed E-state index contributed by atoms with van der Waals surface area (Å²) in [5.74, 6) is 0. The summed E-state index contributed by atoms with van der Waals surface area (Å²) in [5.41, 5.74) is 0.900. The van der Waals surface area contributed by atoms with Crippen LogP contribution in [0.4, 0.5) is 0 Å². The van der Waals surface area contributed by atoms with Gasteiger partial charge in [0.2, 0.25) is 0 Å². The first kappa shape index (κ1) is 6.29. The van der Waals surface area contributed by atoms with Crippen molar-refractivity contribution in [1.29, 1.82) is 0 Å². The second-order valence-corrected chi connectivity index (χ2v) is 1.64. The van der Waals surface area contributed by atoms with E-state index in [4.69, 9.17) is 4.74 Å². The van der Waals surface area contributed by atoms with Crippen LogP contribution >= 0.6 is 0 Å². The van der Waals surface area contributed by atoms with Gasteiger partial charge in [0, 0.05) is 12.8 Å². The molecule has 1 rings (SSSR count). The van der Waals surface area contributed by atoms with E-state index in [1.165, 1.54) is 0 Å². The van der Waals surface area contributed by atoms with E-state index in [0.717, 1.165) is 12.3 Å². The van der Waals surface area contributed by atoms with Crippen molar-refractivity contribution in [2.45, 2.75) is 13.5 Å². The van der Waals surface area contributed by atoms with Crippen LogP contribution in [-0.2, 0) is 11.3 Å². The molecular formula is C6H9N2O. The monoisotopic (exact) mass is 125 g/mol. The predicted molar refractivity (Wildman–Crippen MR) is 32.8 cm³/mol. The first-order chi connectivity index (χ1) is 4.43. The first-order valence-electron chi connectivity index (χ1n) is 2.91. The normalized spacial score (nSPS) is 9.89. The molecule has 0 fully saturated rings. The van der Waals surface area contributed by atoms with Gasteiger partial charge in [-0.05, 0) is 6.92 Å². The zero-order chi connectivity index (χ0) is 6.53. The van der Waals surface area contributed by atoms with Gasteiger partial charge in [0.05, 0.1) is 12.3 Å². The summed E-state index contributed by atoms with van der Waals surface area (Å²) >= 11 is 0. The van der Waals surface area contributed by atoms with Crippen molar-refractivity contribution in [1.82, 2.24) is 9.97 Å². The number of rotatable bonds is 3. The lowest BCUT2D eigenvalue weighted by Gasteiger charge is -1.93. The smallest absolute Gasteiger partial charge is 0.173 e. The van der Waals surface area contributed by atoms with Gasteiger partial charge in [0.1, 0.15) is 0 Å². The minimum absolute atomic E-state index is 0.580. The first-order valence-corrected chi connectivity index (χ1v) is 2.91. The van der Waals surface area contributed by atoms with Crippen molar-refractivity contribution in [3.63, 3.8) is 0 Å². The van der Waals surface area contributed by atoms with Crippen molar-refractivity contribution in [3.05, 3.63) is 18.2 Å². The Balaban J connectivity index is 2.30. The SMILES string of the molecule is CCOCc1c[nH][c]n1. The molecule has 0 aromatic carbocycles. The second-order valence-electron chi connectivity index (χ2n) is 1.64. The highest BCUT2D eigenvalue weighted by molar-refractivity contribution is 4.90. The highest BCUT2D eigenvalue weighted by Gasteiger charge is 1.90. The Hall–Kier alpha value is -0.830. The lowest BCUT2D eigenvalue weighted by atomic mass is 10.5. The molecule has 9 heavy (non-hydrogen) atoms. The fourth-order valence-electron chi connectivity index (χ4n) is 0.533. The Morgan fingerprint density at radius 2 is 2.78 bits per heavy atom. The van der Waals surface area contributed by atoms with Crippen LogP contribution in [0.1, 0.15) is 12.6 Å². The lowest BCUT2D eigenvalue weighted by molar-refractivity contribution is 0.131. The largest absolute Gasteiger partial charge is 0.375 e. The van der Waals surface area contributed by atoms with Gasteiger partial charge in [-0.2, -0.15) is 0 Å². The Kier molecular flexibility index (Phi) is 2.27. The Morgan fingerprint density at radius 1 is 1.89 bits per heavy atom. The van der Waals surface area contributed by atoms with Crippen LogP contribution in [0.3, 0.4) is 0 Å².